The van der Waals surface area contributed by atoms with Crippen LogP contribution in [-0.2, 0) is 34.6 Å². The van der Waals surface area contributed by atoms with E-state index < -0.39 is 20.0 Å². The highest BCUT2D eigenvalue weighted by Crippen LogP contribution is 2.60. The molecule has 48 heavy (non-hydrogen) atoms. The first kappa shape index (κ1) is 32.0. The molecule has 1 saturated heterocycles. The van der Waals surface area contributed by atoms with Crippen molar-refractivity contribution in [3.05, 3.63) is 100 Å². The molecule has 0 saturated carbocycles. The molecule has 1 amide bonds. The maximum atomic E-state index is 14.9. The third-order valence-electron chi connectivity index (χ3n) is 9.89. The van der Waals surface area contributed by atoms with E-state index in [-0.39, 0.29) is 36.1 Å². The molecule has 13 heteroatoms. The molecule has 0 aliphatic carbocycles. The summed E-state index contributed by atoms with van der Waals surface area (Å²) in [5.41, 5.74) is 2.66. The fourth-order valence-electron chi connectivity index (χ4n) is 7.76. The zero-order chi connectivity index (χ0) is 33.8. The number of aliphatic hydroxyl groups excluding tert-OH is 1. The summed E-state index contributed by atoms with van der Waals surface area (Å²) in [6.45, 7) is 6.54. The lowest BCUT2D eigenvalue weighted by Crippen LogP contribution is -2.46. The first-order valence-electron chi connectivity index (χ1n) is 16.2. The minimum atomic E-state index is -2.86. The van der Waals surface area contributed by atoms with Crippen LogP contribution in [0.4, 0.5) is 5.69 Å². The Hall–Kier alpha value is -4.56. The number of fused-ring (bicyclic) bond motifs is 3. The number of aryl methyl sites for hydroxylation is 1. The van der Waals surface area contributed by atoms with Crippen molar-refractivity contribution in [1.29, 1.82) is 0 Å². The van der Waals surface area contributed by atoms with Gasteiger partial charge >= 0.3 is 0 Å². The molecule has 2 aliphatic heterocycles. The van der Waals surface area contributed by atoms with Crippen LogP contribution in [0, 0.1) is 5.92 Å². The number of para-hydroxylation sites is 1. The van der Waals surface area contributed by atoms with Crippen LogP contribution >= 0.6 is 0 Å². The Balaban J connectivity index is 1.24. The molecule has 4 heterocycles. The van der Waals surface area contributed by atoms with Gasteiger partial charge in [0.2, 0.25) is 0 Å². The molecule has 3 N–H and O–H groups in total. The quantitative estimate of drug-likeness (QED) is 0.190. The van der Waals surface area contributed by atoms with Gasteiger partial charge in [-0.25, -0.2) is 4.68 Å². The monoisotopic (exact) mass is 668 g/mol. The highest BCUT2D eigenvalue weighted by Gasteiger charge is 2.66. The summed E-state index contributed by atoms with van der Waals surface area (Å²) >= 11 is 0. The number of rotatable bonds is 10. The molecule has 3 aromatic carbocycles. The van der Waals surface area contributed by atoms with Crippen molar-refractivity contribution in [3.63, 3.8) is 0 Å². The van der Waals surface area contributed by atoms with Crippen molar-refractivity contribution in [2.24, 2.45) is 5.92 Å². The van der Waals surface area contributed by atoms with Gasteiger partial charge in [-0.3, -0.25) is 19.4 Å². The van der Waals surface area contributed by atoms with E-state index in [4.69, 9.17) is 9.47 Å². The Kier molecular flexibility index (Phi) is 8.10. The van der Waals surface area contributed by atoms with Crippen molar-refractivity contribution in [1.82, 2.24) is 24.8 Å². The molecule has 12 nitrogen and oxygen atoms in total. The minimum Gasteiger partial charge on any atom is -0.497 e. The van der Waals surface area contributed by atoms with Crippen molar-refractivity contribution in [2.45, 2.75) is 63.2 Å². The number of aromatic nitrogens is 5. The number of carbonyl (C=O) groups excluding carboxylic acids is 1. The van der Waals surface area contributed by atoms with Gasteiger partial charge in [0.1, 0.15) is 5.75 Å². The highest BCUT2D eigenvalue weighted by atomic mass is 28.4. The number of H-pyrrole nitrogens is 1. The average molecular weight is 669 g/mol. The number of aromatic amines is 1. The Morgan fingerprint density at radius 3 is 2.65 bits per heavy atom. The van der Waals surface area contributed by atoms with Gasteiger partial charge in [0.05, 0.1) is 47.7 Å². The van der Waals surface area contributed by atoms with Crippen LogP contribution in [0.15, 0.2) is 77.7 Å². The van der Waals surface area contributed by atoms with Crippen LogP contribution in [0.1, 0.15) is 30.2 Å². The summed E-state index contributed by atoms with van der Waals surface area (Å²) in [5, 5.41) is 21.4. The smallest absolute Gasteiger partial charge is 0.279 e. The molecule has 0 unspecified atom stereocenters. The standard InChI is InChI=1S/C35H40N6O6Si/c1-22-32(48(3,4)45)31(14-16-39-21-24(15-17-42)36-38-39)47-35(22)28-19-26(46-2)12-13-30(28)40(34(35)44)20-23-8-7-9-25(18-23)41-33(43)27-10-5-6-11-29(27)37-41/h5-13,18-19,21-22,31-32,37,42,45H,14-17,20H2,1-4H3/t22-,31+,32-,35+/m0/s1. The third kappa shape index (κ3) is 5.27. The number of amides is 1. The van der Waals surface area contributed by atoms with Gasteiger partial charge in [0, 0.05) is 42.8 Å². The second-order valence-corrected chi connectivity index (χ2v) is 17.3. The van der Waals surface area contributed by atoms with Gasteiger partial charge in [-0.05, 0) is 67.5 Å². The number of benzene rings is 3. The molecule has 7 rings (SSSR count). The van der Waals surface area contributed by atoms with E-state index in [9.17, 15) is 19.5 Å². The predicted octanol–water partition coefficient (Wildman–Crippen LogP) is 3.89. The van der Waals surface area contributed by atoms with Crippen LogP contribution in [0.3, 0.4) is 0 Å². The van der Waals surface area contributed by atoms with Gasteiger partial charge in [0.25, 0.3) is 11.5 Å². The van der Waals surface area contributed by atoms with E-state index in [1.807, 2.05) is 86.9 Å². The van der Waals surface area contributed by atoms with Crippen molar-refractivity contribution in [2.75, 3.05) is 18.6 Å². The van der Waals surface area contributed by atoms with Gasteiger partial charge in [-0.2, -0.15) is 0 Å². The summed E-state index contributed by atoms with van der Waals surface area (Å²) in [6.07, 6.45) is 2.33. The normalized spacial score (nSPS) is 22.2. The number of methoxy groups -OCH3 is 1. The zero-order valence-corrected chi connectivity index (χ0v) is 28.5. The van der Waals surface area contributed by atoms with Crippen LogP contribution < -0.4 is 15.2 Å². The fourth-order valence-corrected chi connectivity index (χ4v) is 10.4. The lowest BCUT2D eigenvalue weighted by molar-refractivity contribution is -0.146. The van der Waals surface area contributed by atoms with E-state index in [0.717, 1.165) is 22.3 Å². The molecular formula is C35H40N6O6Si. The first-order valence-corrected chi connectivity index (χ1v) is 19.3. The summed E-state index contributed by atoms with van der Waals surface area (Å²) in [7, 11) is -1.27. The molecular weight excluding hydrogens is 629 g/mol. The van der Waals surface area contributed by atoms with Gasteiger partial charge in [0.15, 0.2) is 13.9 Å². The van der Waals surface area contributed by atoms with E-state index in [0.29, 0.717) is 41.9 Å². The van der Waals surface area contributed by atoms with Crippen LogP contribution in [-0.4, -0.2) is 68.7 Å². The van der Waals surface area contributed by atoms with E-state index in [1.165, 1.54) is 4.68 Å². The van der Waals surface area contributed by atoms with E-state index in [1.54, 1.807) is 22.8 Å². The molecule has 4 atom stereocenters. The van der Waals surface area contributed by atoms with E-state index >= 15 is 0 Å². The SMILES string of the molecule is COc1ccc2c(c1)[C@@]1(O[C@H](CCn3cc(CCO)nn3)[C@@H]([Si](C)(C)O)[C@@H]1C)C(=O)N2Cc1cccc(-n2[nH]c3ccccc3c2=O)c1. The number of hydrogen-bond acceptors (Lipinski definition) is 8. The molecule has 0 radical (unpaired) electrons. The van der Waals surface area contributed by atoms with Crippen molar-refractivity contribution in [3.8, 4) is 11.4 Å². The highest BCUT2D eigenvalue weighted by molar-refractivity contribution is 6.71. The second kappa shape index (κ2) is 12.2. The van der Waals surface area contributed by atoms with Crippen LogP contribution in [0.25, 0.3) is 16.6 Å². The molecule has 2 aliphatic rings. The molecule has 1 fully saturated rings. The largest absolute Gasteiger partial charge is 0.497 e. The Labute approximate surface area is 278 Å². The number of ether oxygens (including phenoxy) is 2. The first-order chi connectivity index (χ1) is 23.0. The maximum absolute atomic E-state index is 14.9. The predicted molar refractivity (Wildman–Crippen MR) is 183 cm³/mol. The number of nitrogens with zero attached hydrogens (tertiary/aromatic N) is 5. The van der Waals surface area contributed by atoms with Gasteiger partial charge < -0.3 is 24.3 Å². The van der Waals surface area contributed by atoms with E-state index in [2.05, 4.69) is 15.4 Å². The Bertz CT molecular complexity index is 2050. The maximum Gasteiger partial charge on any atom is 0.279 e. The summed E-state index contributed by atoms with van der Waals surface area (Å²) in [5.74, 6) is 0.0796. The Morgan fingerprint density at radius 1 is 1.08 bits per heavy atom. The lowest BCUT2D eigenvalue weighted by Gasteiger charge is -2.32. The van der Waals surface area contributed by atoms with Crippen LogP contribution in [0.2, 0.25) is 18.6 Å². The van der Waals surface area contributed by atoms with Crippen molar-refractivity contribution >= 4 is 30.8 Å². The number of anilines is 1. The average Bonchev–Trinajstić information content (AvgIpc) is 3.80. The number of aliphatic hydroxyl groups is 1. The third-order valence-corrected chi connectivity index (χ3v) is 12.4. The second-order valence-electron chi connectivity index (χ2n) is 13.3. The summed E-state index contributed by atoms with van der Waals surface area (Å²) in [4.78, 5) is 41.5. The van der Waals surface area contributed by atoms with Gasteiger partial charge in [-0.15, -0.1) is 5.10 Å². The number of carbonyl (C=O) groups is 1. The summed E-state index contributed by atoms with van der Waals surface area (Å²) < 4.78 is 15.8. The number of hydrogen-bond donors (Lipinski definition) is 3. The topological polar surface area (TPSA) is 148 Å². The minimum absolute atomic E-state index is 0.00977. The molecule has 5 aromatic rings. The molecule has 250 valence electrons. The van der Waals surface area contributed by atoms with Crippen LogP contribution in [0.5, 0.6) is 5.75 Å². The Morgan fingerprint density at radius 2 is 1.90 bits per heavy atom. The lowest BCUT2D eigenvalue weighted by atomic mass is 9.82. The fraction of sp³-hybridized carbons (Fsp3) is 0.371. The number of nitrogens with one attached hydrogen (secondary N) is 1. The molecule has 1 spiro atoms. The molecule has 2 aromatic heterocycles. The van der Waals surface area contributed by atoms with Gasteiger partial charge in [-0.1, -0.05) is 36.4 Å². The summed E-state index contributed by atoms with van der Waals surface area (Å²) in [6, 6.07) is 20.6. The molecule has 0 bridgehead atoms. The zero-order valence-electron chi connectivity index (χ0n) is 27.5. The van der Waals surface area contributed by atoms with Crippen molar-refractivity contribution < 1.29 is 24.2 Å².